The number of aryl methyl sites for hydroxylation is 1. The molecule has 3 aromatic rings. The highest BCUT2D eigenvalue weighted by molar-refractivity contribution is 6.30. The van der Waals surface area contributed by atoms with E-state index in [1.807, 2.05) is 30.5 Å². The van der Waals surface area contributed by atoms with Gasteiger partial charge in [0, 0.05) is 35.5 Å². The lowest BCUT2D eigenvalue weighted by atomic mass is 10.1. The molecule has 0 unspecified atom stereocenters. The Balaban J connectivity index is 1.51. The first-order valence-corrected chi connectivity index (χ1v) is 8.00. The van der Waals surface area contributed by atoms with Gasteiger partial charge >= 0.3 is 0 Å². The van der Waals surface area contributed by atoms with E-state index in [2.05, 4.69) is 15.5 Å². The Bertz CT molecular complexity index is 801. The molecule has 0 radical (unpaired) electrons. The minimum absolute atomic E-state index is 0.0994. The topological polar surface area (TPSA) is 68.0 Å². The minimum Gasteiger partial charge on any atom is -0.338 e. The predicted molar refractivity (Wildman–Crippen MR) is 92.8 cm³/mol. The van der Waals surface area contributed by atoms with Gasteiger partial charge in [0.2, 0.25) is 11.8 Å². The fraction of sp³-hybridized carbons (Fsp3) is 0.167. The van der Waals surface area contributed by atoms with E-state index in [0.29, 0.717) is 23.0 Å². The lowest BCUT2D eigenvalue weighted by Gasteiger charge is -2.01. The van der Waals surface area contributed by atoms with Gasteiger partial charge in [-0.2, -0.15) is 0 Å². The molecule has 0 saturated heterocycles. The maximum Gasteiger partial charge on any atom is 0.231 e. The maximum atomic E-state index is 12.0. The summed E-state index contributed by atoms with van der Waals surface area (Å²) >= 11 is 5.86. The Morgan fingerprint density at radius 3 is 2.79 bits per heavy atom. The summed E-state index contributed by atoms with van der Waals surface area (Å²) in [6.45, 7) is 0. The van der Waals surface area contributed by atoms with Gasteiger partial charge in [-0.3, -0.25) is 15.1 Å². The third-order valence-corrected chi connectivity index (χ3v) is 3.76. The first-order valence-electron chi connectivity index (χ1n) is 7.62. The second-order valence-electron chi connectivity index (χ2n) is 5.35. The predicted octanol–water partition coefficient (Wildman–Crippen LogP) is 4.35. The summed E-state index contributed by atoms with van der Waals surface area (Å²) in [5.74, 6) is 0.240. The third-order valence-electron chi connectivity index (χ3n) is 3.50. The zero-order valence-corrected chi connectivity index (χ0v) is 13.7. The number of nitrogens with one attached hydrogen (secondary N) is 1. The van der Waals surface area contributed by atoms with Crippen LogP contribution in [-0.4, -0.2) is 16.0 Å². The van der Waals surface area contributed by atoms with E-state index in [9.17, 15) is 4.79 Å². The lowest BCUT2D eigenvalue weighted by molar-refractivity contribution is -0.116. The van der Waals surface area contributed by atoms with Gasteiger partial charge in [0.15, 0.2) is 0 Å². The van der Waals surface area contributed by atoms with Crippen molar-refractivity contribution in [2.24, 2.45) is 0 Å². The molecule has 0 bridgehead atoms. The summed E-state index contributed by atoms with van der Waals surface area (Å²) in [6, 6.07) is 12.8. The average molecular weight is 342 g/mol. The van der Waals surface area contributed by atoms with Crippen LogP contribution in [0.4, 0.5) is 5.88 Å². The highest BCUT2D eigenvalue weighted by Gasteiger charge is 2.09. The molecule has 3 rings (SSSR count). The van der Waals surface area contributed by atoms with Crippen molar-refractivity contribution in [3.05, 3.63) is 65.4 Å². The molecule has 0 aliphatic rings. The van der Waals surface area contributed by atoms with Crippen molar-refractivity contribution < 1.29 is 9.32 Å². The summed E-state index contributed by atoms with van der Waals surface area (Å²) in [5, 5.41) is 7.33. The molecule has 0 aliphatic heterocycles. The third kappa shape index (κ3) is 4.43. The number of hydrogen-bond acceptors (Lipinski definition) is 4. The van der Waals surface area contributed by atoms with Gasteiger partial charge in [0.1, 0.15) is 5.69 Å². The summed E-state index contributed by atoms with van der Waals surface area (Å²) in [5.41, 5.74) is 2.65. The van der Waals surface area contributed by atoms with E-state index < -0.39 is 0 Å². The van der Waals surface area contributed by atoms with Crippen LogP contribution in [0.3, 0.4) is 0 Å². The molecule has 0 aliphatic carbocycles. The molecule has 1 aromatic carbocycles. The SMILES string of the molecule is O=C(CCCc1cccnc1)Nc1cc(-c2ccc(Cl)cc2)no1. The molecule has 0 saturated carbocycles. The van der Waals surface area contributed by atoms with E-state index in [1.54, 1.807) is 24.4 Å². The maximum absolute atomic E-state index is 12.0. The zero-order chi connectivity index (χ0) is 16.8. The molecule has 0 atom stereocenters. The van der Waals surface area contributed by atoms with Gasteiger partial charge in [-0.1, -0.05) is 35.0 Å². The quantitative estimate of drug-likeness (QED) is 0.723. The molecule has 0 fully saturated rings. The van der Waals surface area contributed by atoms with Crippen LogP contribution in [-0.2, 0) is 11.2 Å². The zero-order valence-electron chi connectivity index (χ0n) is 12.9. The van der Waals surface area contributed by atoms with E-state index in [1.165, 1.54) is 0 Å². The molecule has 2 heterocycles. The Labute approximate surface area is 144 Å². The van der Waals surface area contributed by atoms with Crippen molar-refractivity contribution >= 4 is 23.4 Å². The molecule has 1 N–H and O–H groups in total. The Hall–Kier alpha value is -2.66. The monoisotopic (exact) mass is 341 g/mol. The largest absolute Gasteiger partial charge is 0.338 e. The first kappa shape index (κ1) is 16.2. The lowest BCUT2D eigenvalue weighted by Crippen LogP contribution is -2.10. The van der Waals surface area contributed by atoms with Crippen LogP contribution in [0.15, 0.2) is 59.4 Å². The number of pyridine rings is 1. The molecular formula is C18H16ClN3O2. The molecule has 6 heteroatoms. The number of hydrogen-bond donors (Lipinski definition) is 1. The number of nitrogens with zero attached hydrogens (tertiary/aromatic N) is 2. The highest BCUT2D eigenvalue weighted by atomic mass is 35.5. The number of anilines is 1. The van der Waals surface area contributed by atoms with Crippen LogP contribution in [0.25, 0.3) is 11.3 Å². The standard InChI is InChI=1S/C18H16ClN3O2/c19-15-8-6-14(7-9-15)16-11-18(24-22-16)21-17(23)5-1-3-13-4-2-10-20-12-13/h2,4,6-12H,1,3,5H2,(H,21,23). The number of amides is 1. The molecular weight excluding hydrogens is 326 g/mol. The van der Waals surface area contributed by atoms with Gasteiger partial charge in [0.05, 0.1) is 0 Å². The van der Waals surface area contributed by atoms with E-state index >= 15 is 0 Å². The van der Waals surface area contributed by atoms with Crippen LogP contribution in [0.1, 0.15) is 18.4 Å². The second-order valence-corrected chi connectivity index (χ2v) is 5.78. The Morgan fingerprint density at radius 2 is 2.04 bits per heavy atom. The smallest absolute Gasteiger partial charge is 0.231 e. The summed E-state index contributed by atoms with van der Waals surface area (Å²) in [4.78, 5) is 16.0. The van der Waals surface area contributed by atoms with E-state index in [-0.39, 0.29) is 5.91 Å². The van der Waals surface area contributed by atoms with Gasteiger partial charge in [-0.15, -0.1) is 0 Å². The second kappa shape index (κ2) is 7.75. The van der Waals surface area contributed by atoms with Gasteiger partial charge in [0.25, 0.3) is 0 Å². The number of carbonyl (C=O) groups excluding carboxylic acids is 1. The number of aromatic nitrogens is 2. The van der Waals surface area contributed by atoms with Gasteiger partial charge in [-0.05, 0) is 36.6 Å². The molecule has 2 aromatic heterocycles. The Morgan fingerprint density at radius 1 is 1.21 bits per heavy atom. The fourth-order valence-electron chi connectivity index (χ4n) is 2.29. The van der Waals surface area contributed by atoms with Gasteiger partial charge in [-0.25, -0.2) is 0 Å². The van der Waals surface area contributed by atoms with Crippen molar-refractivity contribution in [2.45, 2.75) is 19.3 Å². The first-order chi connectivity index (χ1) is 11.7. The minimum atomic E-state index is -0.0994. The Kier molecular flexibility index (Phi) is 5.23. The van der Waals surface area contributed by atoms with E-state index in [4.69, 9.17) is 16.1 Å². The normalized spacial score (nSPS) is 10.5. The van der Waals surface area contributed by atoms with Crippen molar-refractivity contribution in [1.82, 2.24) is 10.1 Å². The van der Waals surface area contributed by atoms with Crippen LogP contribution in [0.5, 0.6) is 0 Å². The highest BCUT2D eigenvalue weighted by Crippen LogP contribution is 2.23. The summed E-state index contributed by atoms with van der Waals surface area (Å²) in [7, 11) is 0. The molecule has 1 amide bonds. The molecule has 24 heavy (non-hydrogen) atoms. The van der Waals surface area contributed by atoms with Crippen molar-refractivity contribution in [1.29, 1.82) is 0 Å². The number of carbonyl (C=O) groups is 1. The summed E-state index contributed by atoms with van der Waals surface area (Å²) in [6.07, 6.45) is 5.51. The average Bonchev–Trinajstić information content (AvgIpc) is 3.05. The number of benzene rings is 1. The van der Waals surface area contributed by atoms with E-state index in [0.717, 1.165) is 24.0 Å². The van der Waals surface area contributed by atoms with Crippen molar-refractivity contribution in [3.63, 3.8) is 0 Å². The van der Waals surface area contributed by atoms with Gasteiger partial charge < -0.3 is 4.52 Å². The van der Waals surface area contributed by atoms with Crippen LogP contribution in [0, 0.1) is 0 Å². The number of rotatable bonds is 6. The molecule has 5 nitrogen and oxygen atoms in total. The van der Waals surface area contributed by atoms with Crippen LogP contribution >= 0.6 is 11.6 Å². The van der Waals surface area contributed by atoms with Crippen molar-refractivity contribution in [2.75, 3.05) is 5.32 Å². The van der Waals surface area contributed by atoms with Crippen LogP contribution in [0.2, 0.25) is 5.02 Å². The fourth-order valence-corrected chi connectivity index (χ4v) is 2.42. The number of halogens is 1. The van der Waals surface area contributed by atoms with Crippen LogP contribution < -0.4 is 5.32 Å². The molecule has 122 valence electrons. The summed E-state index contributed by atoms with van der Waals surface area (Å²) < 4.78 is 5.16. The molecule has 0 spiro atoms. The van der Waals surface area contributed by atoms with Crippen molar-refractivity contribution in [3.8, 4) is 11.3 Å².